The second kappa shape index (κ2) is 4.43. The van der Waals surface area contributed by atoms with Crippen LogP contribution in [0.2, 0.25) is 0 Å². The summed E-state index contributed by atoms with van der Waals surface area (Å²) in [6.07, 6.45) is -2.65. The van der Waals surface area contributed by atoms with Crippen LogP contribution in [0.1, 0.15) is 20.8 Å². The Labute approximate surface area is 105 Å². The highest BCUT2D eigenvalue weighted by molar-refractivity contribution is 5.65. The molecule has 0 aliphatic carbocycles. The van der Waals surface area contributed by atoms with Gasteiger partial charge in [-0.05, 0) is 13.8 Å². The van der Waals surface area contributed by atoms with Crippen LogP contribution in [0.3, 0.4) is 0 Å². The highest BCUT2D eigenvalue weighted by Crippen LogP contribution is 2.45. The van der Waals surface area contributed by atoms with Crippen LogP contribution in [-0.4, -0.2) is 59.3 Å². The van der Waals surface area contributed by atoms with E-state index in [1.807, 2.05) is 0 Å². The predicted octanol–water partition coefficient (Wildman–Crippen LogP) is -0.851. The zero-order valence-electron chi connectivity index (χ0n) is 10.6. The van der Waals surface area contributed by atoms with Gasteiger partial charge in [0.1, 0.15) is 24.9 Å². The Kier molecular flexibility index (Phi) is 3.37. The first kappa shape index (κ1) is 13.7. The van der Waals surface area contributed by atoms with E-state index in [1.165, 1.54) is 6.92 Å². The molecule has 2 aliphatic heterocycles. The highest BCUT2D eigenvalue weighted by atomic mass is 16.9. The van der Waals surface area contributed by atoms with Crippen molar-refractivity contribution in [3.63, 3.8) is 0 Å². The van der Waals surface area contributed by atoms with Gasteiger partial charge in [-0.1, -0.05) is 0 Å². The Bertz CT molecular complexity index is 342. The Balaban J connectivity index is 2.19. The lowest BCUT2D eigenvalue weighted by atomic mass is 10.1. The average Bonchev–Trinajstić information content (AvgIpc) is 2.67. The average molecular weight is 262 g/mol. The standard InChI is InChI=1S/C11H18O7/c1-6(13)15-5-11-9(17-10(2,3)18-11)8(14)7(4-12)16-11/h7-9,12,14H,4-5H2,1-3H3/t7-,8+,9?,11-/m0/s1. The summed E-state index contributed by atoms with van der Waals surface area (Å²) in [6, 6.07) is 0. The molecule has 0 spiro atoms. The molecule has 2 heterocycles. The lowest BCUT2D eigenvalue weighted by molar-refractivity contribution is -0.278. The number of esters is 1. The van der Waals surface area contributed by atoms with Gasteiger partial charge in [0.2, 0.25) is 5.79 Å². The molecule has 2 fully saturated rings. The SMILES string of the molecule is CC(=O)OC[C@@]12O[C@@H](CO)[C@@H](O)C1OC(C)(C)O2. The zero-order valence-corrected chi connectivity index (χ0v) is 10.6. The van der Waals surface area contributed by atoms with Crippen LogP contribution < -0.4 is 0 Å². The molecule has 0 saturated carbocycles. The normalized spacial score (nSPS) is 41.7. The number of aliphatic hydroxyl groups excluding tert-OH is 2. The van der Waals surface area contributed by atoms with E-state index in [2.05, 4.69) is 0 Å². The van der Waals surface area contributed by atoms with E-state index >= 15 is 0 Å². The quantitative estimate of drug-likeness (QED) is 0.640. The van der Waals surface area contributed by atoms with Gasteiger partial charge in [-0.25, -0.2) is 0 Å². The summed E-state index contributed by atoms with van der Waals surface area (Å²) in [5, 5.41) is 19.1. The molecule has 104 valence electrons. The van der Waals surface area contributed by atoms with Crippen LogP contribution in [0.25, 0.3) is 0 Å². The molecule has 2 rings (SSSR count). The minimum atomic E-state index is -1.36. The van der Waals surface area contributed by atoms with E-state index in [1.54, 1.807) is 13.8 Å². The first-order valence-electron chi connectivity index (χ1n) is 5.78. The molecule has 0 radical (unpaired) electrons. The third-order valence-electron chi connectivity index (χ3n) is 2.96. The number of hydrogen-bond acceptors (Lipinski definition) is 7. The number of ether oxygens (including phenoxy) is 4. The molecule has 7 heteroatoms. The van der Waals surface area contributed by atoms with Gasteiger partial charge in [-0.3, -0.25) is 4.79 Å². The zero-order chi connectivity index (χ0) is 13.6. The number of rotatable bonds is 3. The van der Waals surface area contributed by atoms with Gasteiger partial charge < -0.3 is 29.2 Å². The summed E-state index contributed by atoms with van der Waals surface area (Å²) in [5.74, 6) is -2.80. The second-order valence-electron chi connectivity index (χ2n) is 4.96. The molecule has 7 nitrogen and oxygen atoms in total. The minimum absolute atomic E-state index is 0.190. The van der Waals surface area contributed by atoms with Crippen LogP contribution in [0.15, 0.2) is 0 Å². The first-order valence-corrected chi connectivity index (χ1v) is 5.78. The Morgan fingerprint density at radius 3 is 2.61 bits per heavy atom. The van der Waals surface area contributed by atoms with Gasteiger partial charge in [-0.15, -0.1) is 0 Å². The molecule has 0 bridgehead atoms. The van der Waals surface area contributed by atoms with E-state index in [-0.39, 0.29) is 13.2 Å². The molecule has 2 aliphatic rings. The van der Waals surface area contributed by atoms with E-state index < -0.39 is 35.9 Å². The highest BCUT2D eigenvalue weighted by Gasteiger charge is 2.65. The van der Waals surface area contributed by atoms with Crippen molar-refractivity contribution in [2.45, 2.75) is 50.7 Å². The smallest absolute Gasteiger partial charge is 0.302 e. The van der Waals surface area contributed by atoms with Crippen LogP contribution in [0, 0.1) is 0 Å². The fourth-order valence-corrected chi connectivity index (χ4v) is 2.33. The largest absolute Gasteiger partial charge is 0.460 e. The molecule has 0 aromatic rings. The van der Waals surface area contributed by atoms with Gasteiger partial charge in [0.25, 0.3) is 0 Å². The predicted molar refractivity (Wildman–Crippen MR) is 57.4 cm³/mol. The fraction of sp³-hybridized carbons (Fsp3) is 0.909. The lowest BCUT2D eigenvalue weighted by Gasteiger charge is -2.27. The Hall–Kier alpha value is -0.730. The lowest BCUT2D eigenvalue weighted by Crippen LogP contribution is -2.45. The summed E-state index contributed by atoms with van der Waals surface area (Å²) in [5.41, 5.74) is 0. The molecule has 4 atom stereocenters. The van der Waals surface area contributed by atoms with E-state index in [9.17, 15) is 9.90 Å². The molecule has 1 unspecified atom stereocenters. The van der Waals surface area contributed by atoms with Gasteiger partial charge in [0, 0.05) is 6.92 Å². The summed E-state index contributed by atoms with van der Waals surface area (Å²) < 4.78 is 21.6. The summed E-state index contributed by atoms with van der Waals surface area (Å²) in [7, 11) is 0. The molecular weight excluding hydrogens is 244 g/mol. The molecule has 2 N–H and O–H groups in total. The summed E-state index contributed by atoms with van der Waals surface area (Å²) in [6.45, 7) is 4.05. The number of hydrogen-bond donors (Lipinski definition) is 2. The maximum Gasteiger partial charge on any atom is 0.302 e. The van der Waals surface area contributed by atoms with Crippen molar-refractivity contribution >= 4 is 5.97 Å². The topological polar surface area (TPSA) is 94.5 Å². The van der Waals surface area contributed by atoms with Gasteiger partial charge in [0.15, 0.2) is 5.79 Å². The molecule has 2 saturated heterocycles. The fourth-order valence-electron chi connectivity index (χ4n) is 2.33. The third-order valence-corrected chi connectivity index (χ3v) is 2.96. The van der Waals surface area contributed by atoms with E-state index in [0.717, 1.165) is 0 Å². The Morgan fingerprint density at radius 1 is 1.39 bits per heavy atom. The van der Waals surface area contributed by atoms with Crippen molar-refractivity contribution in [3.05, 3.63) is 0 Å². The van der Waals surface area contributed by atoms with Crippen molar-refractivity contribution in [2.75, 3.05) is 13.2 Å². The first-order chi connectivity index (χ1) is 8.30. The van der Waals surface area contributed by atoms with Crippen LogP contribution in [0.4, 0.5) is 0 Å². The Morgan fingerprint density at radius 2 is 2.06 bits per heavy atom. The maximum atomic E-state index is 10.9. The van der Waals surface area contributed by atoms with Gasteiger partial charge in [0.05, 0.1) is 6.61 Å². The van der Waals surface area contributed by atoms with E-state index in [0.29, 0.717) is 0 Å². The molecule has 0 aromatic heterocycles. The number of aliphatic hydroxyl groups is 2. The van der Waals surface area contributed by atoms with Crippen LogP contribution in [0.5, 0.6) is 0 Å². The number of carbonyl (C=O) groups is 1. The van der Waals surface area contributed by atoms with Gasteiger partial charge >= 0.3 is 5.97 Å². The van der Waals surface area contributed by atoms with Crippen molar-refractivity contribution in [3.8, 4) is 0 Å². The molecule has 0 aromatic carbocycles. The molecule has 0 amide bonds. The molecule has 18 heavy (non-hydrogen) atoms. The number of fused-ring (bicyclic) bond motifs is 1. The second-order valence-corrected chi connectivity index (χ2v) is 4.96. The van der Waals surface area contributed by atoms with Crippen LogP contribution in [-0.2, 0) is 23.7 Å². The van der Waals surface area contributed by atoms with Crippen molar-refractivity contribution in [1.29, 1.82) is 0 Å². The van der Waals surface area contributed by atoms with Crippen molar-refractivity contribution in [2.24, 2.45) is 0 Å². The van der Waals surface area contributed by atoms with Gasteiger partial charge in [-0.2, -0.15) is 0 Å². The monoisotopic (exact) mass is 262 g/mol. The maximum absolute atomic E-state index is 10.9. The third kappa shape index (κ3) is 2.24. The summed E-state index contributed by atoms with van der Waals surface area (Å²) in [4.78, 5) is 10.9. The number of carbonyl (C=O) groups excluding carboxylic acids is 1. The minimum Gasteiger partial charge on any atom is -0.460 e. The van der Waals surface area contributed by atoms with Crippen LogP contribution >= 0.6 is 0 Å². The summed E-state index contributed by atoms with van der Waals surface area (Å²) >= 11 is 0. The van der Waals surface area contributed by atoms with E-state index in [4.69, 9.17) is 24.1 Å². The van der Waals surface area contributed by atoms with Crippen molar-refractivity contribution in [1.82, 2.24) is 0 Å². The molecular formula is C11H18O7. The van der Waals surface area contributed by atoms with Crippen molar-refractivity contribution < 1.29 is 34.0 Å².